The molecule has 10 heteroatoms. The van der Waals surface area contributed by atoms with Gasteiger partial charge in [0.25, 0.3) is 0 Å². The number of rotatable bonds is 53. The normalized spacial score (nSPS) is 14.1. The first-order valence-electron chi connectivity index (χ1n) is 29.3. The van der Waals surface area contributed by atoms with E-state index in [1.165, 1.54) is 38.5 Å². The van der Waals surface area contributed by atoms with Gasteiger partial charge in [0.1, 0.15) is 6.61 Å². The van der Waals surface area contributed by atoms with E-state index in [-0.39, 0.29) is 32.6 Å². The molecule has 0 rings (SSSR count). The summed E-state index contributed by atoms with van der Waals surface area (Å²) in [6.07, 6.45) is 84.7. The van der Waals surface area contributed by atoms with Crippen molar-refractivity contribution in [3.63, 3.8) is 0 Å². The average molecular weight is 1060 g/mol. The number of ether oxygens (including phenoxy) is 2. The first-order valence-corrected chi connectivity index (χ1v) is 30.8. The number of hydrogen-bond acceptors (Lipinski definition) is 8. The number of carbonyl (C=O) groups is 2. The highest BCUT2D eigenvalue weighted by molar-refractivity contribution is 7.47. The maximum Gasteiger partial charge on any atom is 0.472 e. The second-order valence-electron chi connectivity index (χ2n) is 18.7. The maximum absolute atomic E-state index is 12.7. The predicted octanol–water partition coefficient (Wildman–Crippen LogP) is 18.7. The fourth-order valence-corrected chi connectivity index (χ4v) is 8.23. The van der Waals surface area contributed by atoms with Gasteiger partial charge in [-0.2, -0.15) is 0 Å². The molecule has 3 N–H and O–H groups in total. The molecule has 2 atom stereocenters. The van der Waals surface area contributed by atoms with Crippen molar-refractivity contribution in [3.05, 3.63) is 146 Å². The Labute approximate surface area is 458 Å². The minimum atomic E-state index is -4.40. The Morgan fingerprint density at radius 2 is 0.693 bits per heavy atom. The highest BCUT2D eigenvalue weighted by Gasteiger charge is 2.26. The van der Waals surface area contributed by atoms with E-state index in [1.54, 1.807) is 0 Å². The Kier molecular flexibility index (Phi) is 55.9. The van der Waals surface area contributed by atoms with Crippen LogP contribution in [-0.4, -0.2) is 49.3 Å². The van der Waals surface area contributed by atoms with Crippen molar-refractivity contribution in [3.8, 4) is 0 Å². The van der Waals surface area contributed by atoms with Gasteiger partial charge in [0.15, 0.2) is 6.10 Å². The molecule has 0 spiro atoms. The number of phosphoric acid groups is 1. The van der Waals surface area contributed by atoms with Gasteiger partial charge >= 0.3 is 19.8 Å². The van der Waals surface area contributed by atoms with Crippen LogP contribution in [-0.2, 0) is 32.7 Å². The van der Waals surface area contributed by atoms with Gasteiger partial charge in [-0.3, -0.25) is 18.6 Å². The van der Waals surface area contributed by atoms with Crippen molar-refractivity contribution >= 4 is 19.8 Å². The zero-order valence-corrected chi connectivity index (χ0v) is 48.1. The van der Waals surface area contributed by atoms with Crippen LogP contribution in [0.1, 0.15) is 219 Å². The van der Waals surface area contributed by atoms with Crippen LogP contribution in [0.15, 0.2) is 146 Å². The fraction of sp³-hybridized carbons (Fsp3) is 0.600. The fourth-order valence-electron chi connectivity index (χ4n) is 7.47. The third kappa shape index (κ3) is 59.0. The Balaban J connectivity index is 4.03. The minimum absolute atomic E-state index is 0.0429. The number of esters is 2. The highest BCUT2D eigenvalue weighted by atomic mass is 31.2. The summed E-state index contributed by atoms with van der Waals surface area (Å²) in [4.78, 5) is 35.2. The zero-order chi connectivity index (χ0) is 54.5. The number of hydrogen-bond donors (Lipinski definition) is 2. The number of unbranched alkanes of at least 4 members (excludes halogenated alkanes) is 16. The monoisotopic (exact) mass is 1060 g/mol. The number of allylic oxidation sites excluding steroid dienone is 24. The lowest BCUT2D eigenvalue weighted by molar-refractivity contribution is -0.161. The Morgan fingerprint density at radius 1 is 0.400 bits per heavy atom. The molecule has 0 saturated heterocycles. The zero-order valence-electron chi connectivity index (χ0n) is 47.2. The van der Waals surface area contributed by atoms with E-state index in [9.17, 15) is 19.0 Å². The molecule has 0 fully saturated rings. The van der Waals surface area contributed by atoms with Gasteiger partial charge in [-0.15, -0.1) is 0 Å². The summed E-state index contributed by atoms with van der Waals surface area (Å²) in [6.45, 7) is 3.48. The van der Waals surface area contributed by atoms with Crippen molar-refractivity contribution in [1.82, 2.24) is 0 Å². The molecule has 0 aromatic heterocycles. The van der Waals surface area contributed by atoms with Crippen molar-refractivity contribution in [2.24, 2.45) is 5.73 Å². The Hall–Kier alpha value is -4.11. The van der Waals surface area contributed by atoms with Crippen LogP contribution in [0.3, 0.4) is 0 Å². The summed E-state index contributed by atoms with van der Waals surface area (Å²) in [6, 6.07) is 0. The van der Waals surface area contributed by atoms with Crippen molar-refractivity contribution in [2.45, 2.75) is 225 Å². The van der Waals surface area contributed by atoms with E-state index in [0.29, 0.717) is 12.8 Å². The van der Waals surface area contributed by atoms with Gasteiger partial charge < -0.3 is 20.1 Å². The third-order valence-corrected chi connectivity index (χ3v) is 12.7. The van der Waals surface area contributed by atoms with Crippen LogP contribution in [0.25, 0.3) is 0 Å². The quantitative estimate of drug-likeness (QED) is 0.0264. The summed E-state index contributed by atoms with van der Waals surface area (Å²) in [5.74, 6) is -0.859. The van der Waals surface area contributed by atoms with E-state index in [2.05, 4.69) is 160 Å². The SMILES string of the molecule is CC/C=C\C/C=C\C/C=C\C/C=C\C/C=C\C/C=C\C/C=C\C/C=C\CCCCCCCCCCCCC(=O)OC(COC(=O)CCCCCCCC/C=C\C/C=C\C/C=C\C/C=C\CC)COP(=O)(O)OCCN. The Bertz CT molecular complexity index is 1730. The van der Waals surface area contributed by atoms with Gasteiger partial charge in [0.05, 0.1) is 13.2 Å². The smallest absolute Gasteiger partial charge is 0.462 e. The van der Waals surface area contributed by atoms with E-state index < -0.39 is 32.5 Å². The molecular weight excluding hydrogens is 954 g/mol. The van der Waals surface area contributed by atoms with Crippen LogP contribution in [0.2, 0.25) is 0 Å². The maximum atomic E-state index is 12.7. The highest BCUT2D eigenvalue weighted by Crippen LogP contribution is 2.43. The van der Waals surface area contributed by atoms with Crippen LogP contribution in [0.4, 0.5) is 0 Å². The first kappa shape index (κ1) is 70.9. The van der Waals surface area contributed by atoms with Crippen molar-refractivity contribution in [2.75, 3.05) is 26.4 Å². The van der Waals surface area contributed by atoms with E-state index in [1.807, 2.05) is 0 Å². The molecule has 0 heterocycles. The van der Waals surface area contributed by atoms with Gasteiger partial charge in [0, 0.05) is 19.4 Å². The molecule has 0 aliphatic heterocycles. The van der Waals surface area contributed by atoms with Crippen molar-refractivity contribution in [1.29, 1.82) is 0 Å². The molecule has 0 aliphatic carbocycles. The molecule has 0 amide bonds. The lowest BCUT2D eigenvalue weighted by Crippen LogP contribution is -2.29. The summed E-state index contributed by atoms with van der Waals surface area (Å²) in [7, 11) is -4.40. The summed E-state index contributed by atoms with van der Waals surface area (Å²) in [5, 5.41) is 0. The molecule has 75 heavy (non-hydrogen) atoms. The molecule has 2 unspecified atom stereocenters. The standard InChI is InChI=1S/C65H106NO8P/c1-3-5-7-9-11-13-15-17-19-21-23-24-25-26-27-28-29-30-31-32-33-34-35-36-37-38-40-42-44-46-48-50-52-54-56-58-65(68)74-63(62-73-75(69,70)72-60-59-66)61-71-64(67)57-55-53-51-49-47-45-43-41-39-22-20-18-16-14-12-10-8-6-4-2/h5-8,11-14,17-20,23-24,26-27,29-30,32-33,35-36,39,41,63H,3-4,9-10,15-16,21-22,25,28,31,34,37-38,40,42-62,66H2,1-2H3,(H,69,70)/b7-5-,8-6-,13-11-,14-12-,19-17-,20-18-,24-23-,27-26-,30-29-,33-32-,36-35-,41-39-. The second kappa shape index (κ2) is 59.1. The van der Waals surface area contributed by atoms with Crippen LogP contribution in [0, 0.1) is 0 Å². The summed E-state index contributed by atoms with van der Waals surface area (Å²) >= 11 is 0. The topological polar surface area (TPSA) is 134 Å². The van der Waals surface area contributed by atoms with E-state index in [0.717, 1.165) is 141 Å². The number of nitrogens with two attached hydrogens (primary N) is 1. The number of phosphoric ester groups is 1. The molecule has 0 aromatic carbocycles. The van der Waals surface area contributed by atoms with Gasteiger partial charge in [-0.25, -0.2) is 4.57 Å². The molecule has 0 saturated carbocycles. The van der Waals surface area contributed by atoms with Crippen LogP contribution < -0.4 is 5.73 Å². The molecule has 424 valence electrons. The summed E-state index contributed by atoms with van der Waals surface area (Å²) in [5.41, 5.74) is 5.38. The lowest BCUT2D eigenvalue weighted by Gasteiger charge is -2.19. The van der Waals surface area contributed by atoms with Gasteiger partial charge in [-0.1, -0.05) is 237 Å². The van der Waals surface area contributed by atoms with Crippen LogP contribution >= 0.6 is 7.82 Å². The average Bonchev–Trinajstić information content (AvgIpc) is 3.40. The predicted molar refractivity (Wildman–Crippen MR) is 320 cm³/mol. The third-order valence-electron chi connectivity index (χ3n) is 11.7. The molecular formula is C65H106NO8P. The molecule has 0 aliphatic rings. The van der Waals surface area contributed by atoms with Gasteiger partial charge in [-0.05, 0) is 116 Å². The van der Waals surface area contributed by atoms with Crippen molar-refractivity contribution < 1.29 is 37.6 Å². The second-order valence-corrected chi connectivity index (χ2v) is 20.2. The summed E-state index contributed by atoms with van der Waals surface area (Å²) < 4.78 is 33.0. The molecule has 0 bridgehead atoms. The lowest BCUT2D eigenvalue weighted by atomic mass is 10.0. The van der Waals surface area contributed by atoms with Gasteiger partial charge in [0.2, 0.25) is 0 Å². The van der Waals surface area contributed by atoms with E-state index in [4.69, 9.17) is 24.3 Å². The largest absolute Gasteiger partial charge is 0.472 e. The molecule has 9 nitrogen and oxygen atoms in total. The number of carbonyl (C=O) groups excluding carboxylic acids is 2. The molecule has 0 aromatic rings. The minimum Gasteiger partial charge on any atom is -0.462 e. The van der Waals surface area contributed by atoms with E-state index >= 15 is 0 Å². The first-order chi connectivity index (χ1) is 36.8. The van der Waals surface area contributed by atoms with Crippen LogP contribution in [0.5, 0.6) is 0 Å². The molecule has 0 radical (unpaired) electrons. The Morgan fingerprint density at radius 3 is 1.03 bits per heavy atom.